The van der Waals surface area contributed by atoms with Crippen molar-refractivity contribution in [3.8, 4) is 0 Å². The average molecular weight is 421 g/mol. The van der Waals surface area contributed by atoms with Gasteiger partial charge in [0, 0.05) is 33.7 Å². The van der Waals surface area contributed by atoms with Gasteiger partial charge in [0.05, 0.1) is 6.33 Å². The van der Waals surface area contributed by atoms with Crippen LogP contribution in [0.1, 0.15) is 5.56 Å². The highest BCUT2D eigenvalue weighted by atomic mass is 35.5. The molecule has 1 aromatic carbocycles. The van der Waals surface area contributed by atoms with Crippen molar-refractivity contribution >= 4 is 29.5 Å². The zero-order valence-electron chi connectivity index (χ0n) is 16.4. The van der Waals surface area contributed by atoms with E-state index >= 15 is 0 Å². The lowest BCUT2D eigenvalue weighted by Crippen LogP contribution is -2.40. The zero-order valence-corrected chi connectivity index (χ0v) is 17.3. The van der Waals surface area contributed by atoms with E-state index in [1.54, 1.807) is 11.9 Å². The molecular formula is C19H25ClN6O3. The van der Waals surface area contributed by atoms with E-state index in [1.807, 2.05) is 30.3 Å². The monoisotopic (exact) mass is 420 g/mol. The highest BCUT2D eigenvalue weighted by molar-refractivity contribution is 5.85. The van der Waals surface area contributed by atoms with Crippen molar-refractivity contribution in [3.05, 3.63) is 63.1 Å². The number of carbonyl (C=O) groups excluding carboxylic acids is 1. The number of aryl methyl sites for hydroxylation is 1. The molecule has 2 heterocycles. The van der Waals surface area contributed by atoms with Crippen molar-refractivity contribution in [3.63, 3.8) is 0 Å². The molecule has 0 spiro atoms. The number of nitrogens with zero attached hydrogens (tertiary/aromatic N) is 5. The number of hydrogen-bond donors (Lipinski definition) is 1. The summed E-state index contributed by atoms with van der Waals surface area (Å²) in [5, 5.41) is 0. The molecule has 3 aromatic rings. The third-order valence-electron chi connectivity index (χ3n) is 4.79. The Morgan fingerprint density at radius 3 is 2.45 bits per heavy atom. The first-order valence-corrected chi connectivity index (χ1v) is 9.06. The number of halogens is 1. The van der Waals surface area contributed by atoms with E-state index in [4.69, 9.17) is 5.73 Å². The molecule has 9 nitrogen and oxygen atoms in total. The van der Waals surface area contributed by atoms with E-state index in [-0.39, 0.29) is 36.0 Å². The summed E-state index contributed by atoms with van der Waals surface area (Å²) in [6.45, 7) is 1.26. The van der Waals surface area contributed by atoms with Crippen LogP contribution in [-0.2, 0) is 31.9 Å². The van der Waals surface area contributed by atoms with Gasteiger partial charge >= 0.3 is 5.69 Å². The number of benzene rings is 1. The zero-order chi connectivity index (χ0) is 20.3. The molecule has 0 saturated carbocycles. The van der Waals surface area contributed by atoms with Gasteiger partial charge in [-0.1, -0.05) is 30.3 Å². The van der Waals surface area contributed by atoms with Crippen LogP contribution < -0.4 is 17.0 Å². The predicted octanol–water partition coefficient (Wildman–Crippen LogP) is -0.114. The number of amides is 1. The average Bonchev–Trinajstić information content (AvgIpc) is 3.12. The van der Waals surface area contributed by atoms with Crippen LogP contribution >= 0.6 is 12.4 Å². The van der Waals surface area contributed by atoms with Crippen molar-refractivity contribution in [2.24, 2.45) is 19.8 Å². The molecule has 0 unspecified atom stereocenters. The highest BCUT2D eigenvalue weighted by Crippen LogP contribution is 2.07. The molecule has 0 bridgehead atoms. The van der Waals surface area contributed by atoms with E-state index < -0.39 is 11.2 Å². The summed E-state index contributed by atoms with van der Waals surface area (Å²) in [5.74, 6) is -0.156. The van der Waals surface area contributed by atoms with E-state index in [1.165, 1.54) is 22.5 Å². The molecule has 29 heavy (non-hydrogen) atoms. The molecule has 0 atom stereocenters. The fourth-order valence-electron chi connectivity index (χ4n) is 3.19. The van der Waals surface area contributed by atoms with E-state index in [0.717, 1.165) is 10.1 Å². The van der Waals surface area contributed by atoms with Crippen LogP contribution in [0.4, 0.5) is 0 Å². The second kappa shape index (κ2) is 9.53. The number of imidazole rings is 1. The third-order valence-corrected chi connectivity index (χ3v) is 4.79. The van der Waals surface area contributed by atoms with Crippen LogP contribution in [0.2, 0.25) is 0 Å². The highest BCUT2D eigenvalue weighted by Gasteiger charge is 2.18. The minimum atomic E-state index is -0.474. The van der Waals surface area contributed by atoms with Gasteiger partial charge in [-0.2, -0.15) is 0 Å². The Kier molecular flexibility index (Phi) is 7.35. The summed E-state index contributed by atoms with van der Waals surface area (Å²) < 4.78 is 3.80. The Hall–Kier alpha value is -2.91. The first-order chi connectivity index (χ1) is 13.4. The summed E-state index contributed by atoms with van der Waals surface area (Å²) >= 11 is 0. The number of nitrogens with two attached hydrogens (primary N) is 1. The molecule has 0 saturated heterocycles. The molecule has 2 aromatic heterocycles. The molecule has 0 aliphatic carbocycles. The summed E-state index contributed by atoms with van der Waals surface area (Å²) in [6.07, 6.45) is 2.13. The minimum absolute atomic E-state index is 0. The van der Waals surface area contributed by atoms with Crippen molar-refractivity contribution in [1.82, 2.24) is 23.6 Å². The lowest BCUT2D eigenvalue weighted by atomic mass is 10.1. The number of hydrogen-bond acceptors (Lipinski definition) is 5. The maximum Gasteiger partial charge on any atom is 0.332 e. The first-order valence-electron chi connectivity index (χ1n) is 9.06. The summed E-state index contributed by atoms with van der Waals surface area (Å²) in [4.78, 5) is 43.2. The molecule has 0 aliphatic rings. The Morgan fingerprint density at radius 2 is 1.79 bits per heavy atom. The minimum Gasteiger partial charge on any atom is -0.340 e. The van der Waals surface area contributed by atoms with Crippen LogP contribution in [0.5, 0.6) is 0 Å². The van der Waals surface area contributed by atoms with Gasteiger partial charge < -0.3 is 15.2 Å². The van der Waals surface area contributed by atoms with Crippen LogP contribution in [0, 0.1) is 0 Å². The Bertz CT molecular complexity index is 1100. The van der Waals surface area contributed by atoms with Crippen LogP contribution in [0.3, 0.4) is 0 Å². The van der Waals surface area contributed by atoms with Crippen molar-refractivity contribution in [1.29, 1.82) is 0 Å². The Balaban J connectivity index is 0.00000300. The smallest absolute Gasteiger partial charge is 0.332 e. The lowest BCUT2D eigenvalue weighted by Gasteiger charge is -2.22. The number of aromatic nitrogens is 4. The number of carbonyl (C=O) groups is 1. The summed E-state index contributed by atoms with van der Waals surface area (Å²) in [7, 11) is 2.95. The second-order valence-corrected chi connectivity index (χ2v) is 6.66. The largest absolute Gasteiger partial charge is 0.340 e. The number of fused-ring (bicyclic) bond motifs is 1. The molecule has 0 fully saturated rings. The molecule has 156 valence electrons. The van der Waals surface area contributed by atoms with E-state index in [9.17, 15) is 14.4 Å². The molecule has 2 N–H and O–H groups in total. The van der Waals surface area contributed by atoms with Crippen molar-refractivity contribution in [2.75, 3.05) is 19.6 Å². The van der Waals surface area contributed by atoms with Gasteiger partial charge in [0.2, 0.25) is 5.91 Å². The lowest BCUT2D eigenvalue weighted by molar-refractivity contribution is -0.131. The topological polar surface area (TPSA) is 108 Å². The molecule has 1 amide bonds. The van der Waals surface area contributed by atoms with E-state index in [0.29, 0.717) is 26.1 Å². The van der Waals surface area contributed by atoms with E-state index in [2.05, 4.69) is 4.98 Å². The Morgan fingerprint density at radius 1 is 1.10 bits per heavy atom. The second-order valence-electron chi connectivity index (χ2n) is 6.66. The van der Waals surface area contributed by atoms with Gasteiger partial charge in [0.15, 0.2) is 11.2 Å². The summed E-state index contributed by atoms with van der Waals surface area (Å²) in [6, 6.07) is 9.89. The molecular weight excluding hydrogens is 396 g/mol. The summed E-state index contributed by atoms with van der Waals surface area (Å²) in [5.41, 5.74) is 6.37. The van der Waals surface area contributed by atoms with Gasteiger partial charge in [-0.3, -0.25) is 18.7 Å². The normalized spacial score (nSPS) is 10.7. The van der Waals surface area contributed by atoms with Crippen LogP contribution in [0.25, 0.3) is 11.2 Å². The van der Waals surface area contributed by atoms with Gasteiger partial charge in [0.1, 0.15) is 6.54 Å². The molecule has 0 radical (unpaired) electrons. The SMILES string of the molecule is Cl.Cn1c(=O)c2c(ncn2CC(=O)N(CCN)CCc2ccccc2)n(C)c1=O. The third kappa shape index (κ3) is 4.57. The van der Waals surface area contributed by atoms with Gasteiger partial charge in [-0.25, -0.2) is 9.78 Å². The van der Waals surface area contributed by atoms with Crippen molar-refractivity contribution in [2.45, 2.75) is 13.0 Å². The van der Waals surface area contributed by atoms with Crippen LogP contribution in [0.15, 0.2) is 46.2 Å². The standard InChI is InChI=1S/C19H24N6O3.ClH/c1-22-17-16(18(27)23(2)19(22)28)25(13-21-17)12-15(26)24(11-9-20)10-8-14-6-4-3-5-7-14;/h3-7,13H,8-12,20H2,1-2H3;1H. The first kappa shape index (κ1) is 22.4. The maximum absolute atomic E-state index is 12.9. The number of rotatable bonds is 7. The van der Waals surface area contributed by atoms with Crippen LogP contribution in [-0.4, -0.2) is 49.1 Å². The molecule has 0 aliphatic heterocycles. The van der Waals surface area contributed by atoms with Gasteiger partial charge in [0.25, 0.3) is 5.56 Å². The van der Waals surface area contributed by atoms with Gasteiger partial charge in [-0.05, 0) is 12.0 Å². The van der Waals surface area contributed by atoms with Crippen molar-refractivity contribution < 1.29 is 4.79 Å². The molecule has 10 heteroatoms. The molecule has 3 rings (SSSR count). The maximum atomic E-state index is 12.9. The fourth-order valence-corrected chi connectivity index (χ4v) is 3.19. The fraction of sp³-hybridized carbons (Fsp3) is 0.368. The Labute approximate surface area is 173 Å². The quantitative estimate of drug-likeness (QED) is 0.573. The predicted molar refractivity (Wildman–Crippen MR) is 113 cm³/mol. The van der Waals surface area contributed by atoms with Gasteiger partial charge in [-0.15, -0.1) is 12.4 Å².